The Balaban J connectivity index is 1.70. The van der Waals surface area contributed by atoms with Gasteiger partial charge in [0.25, 0.3) is 0 Å². The first-order valence-electron chi connectivity index (χ1n) is 6.43. The third kappa shape index (κ3) is 2.28. The molecule has 0 bridgehead atoms. The second-order valence-electron chi connectivity index (χ2n) is 5.17. The van der Waals surface area contributed by atoms with Crippen LogP contribution in [-0.4, -0.2) is 12.6 Å². The maximum Gasteiger partial charge on any atom is 0.0446 e. The molecule has 0 aliphatic heterocycles. The molecular formula is C14H20N2. The molecule has 0 radical (unpaired) electrons. The van der Waals surface area contributed by atoms with E-state index < -0.39 is 0 Å². The number of rotatable bonds is 5. The number of hydrogen-bond acceptors (Lipinski definition) is 2. The molecule has 1 unspecified atom stereocenters. The summed E-state index contributed by atoms with van der Waals surface area (Å²) in [4.78, 5) is 0. The van der Waals surface area contributed by atoms with Gasteiger partial charge in [-0.3, -0.25) is 0 Å². The molecule has 0 aromatic heterocycles. The van der Waals surface area contributed by atoms with Crippen LogP contribution in [0, 0.1) is 0 Å². The first kappa shape index (κ1) is 10.3. The van der Waals surface area contributed by atoms with Gasteiger partial charge in [0.2, 0.25) is 0 Å². The van der Waals surface area contributed by atoms with Crippen molar-refractivity contribution in [1.82, 2.24) is 5.32 Å². The lowest BCUT2D eigenvalue weighted by Gasteiger charge is -2.17. The van der Waals surface area contributed by atoms with Gasteiger partial charge in [-0.05, 0) is 42.7 Å². The van der Waals surface area contributed by atoms with Crippen LogP contribution in [0.25, 0.3) is 0 Å². The van der Waals surface area contributed by atoms with Gasteiger partial charge in [0, 0.05) is 18.6 Å². The van der Waals surface area contributed by atoms with E-state index in [0.717, 1.165) is 12.0 Å². The molecule has 86 valence electrons. The lowest BCUT2D eigenvalue weighted by molar-refractivity contribution is 0.539. The fraction of sp³-hybridized carbons (Fsp3) is 0.571. The third-order valence-electron chi connectivity index (χ3n) is 3.64. The zero-order chi connectivity index (χ0) is 11.0. The molecule has 3 rings (SSSR count). The highest BCUT2D eigenvalue weighted by Crippen LogP contribution is 2.40. The SMILES string of the molecule is NCC(NC1CC1)c1ccc(C2CC2)cc1. The van der Waals surface area contributed by atoms with Crippen LogP contribution in [0.3, 0.4) is 0 Å². The van der Waals surface area contributed by atoms with Crippen molar-refractivity contribution in [1.29, 1.82) is 0 Å². The zero-order valence-electron chi connectivity index (χ0n) is 9.65. The quantitative estimate of drug-likeness (QED) is 0.792. The monoisotopic (exact) mass is 216 g/mol. The Morgan fingerprint density at radius 1 is 1.12 bits per heavy atom. The molecule has 3 N–H and O–H groups in total. The molecule has 2 saturated carbocycles. The summed E-state index contributed by atoms with van der Waals surface area (Å²) >= 11 is 0. The molecule has 2 nitrogen and oxygen atoms in total. The van der Waals surface area contributed by atoms with E-state index >= 15 is 0 Å². The Bertz CT molecular complexity index is 350. The summed E-state index contributed by atoms with van der Waals surface area (Å²) in [5.41, 5.74) is 8.68. The highest BCUT2D eigenvalue weighted by molar-refractivity contribution is 5.30. The average Bonchev–Trinajstić information content (AvgIpc) is 3.18. The number of nitrogens with one attached hydrogen (secondary N) is 1. The van der Waals surface area contributed by atoms with E-state index in [1.807, 2.05) is 0 Å². The van der Waals surface area contributed by atoms with Gasteiger partial charge in [0.15, 0.2) is 0 Å². The van der Waals surface area contributed by atoms with E-state index in [1.165, 1.54) is 36.8 Å². The standard InChI is InChI=1S/C14H20N2/c15-9-14(16-13-7-8-13)12-5-3-11(4-6-12)10-1-2-10/h3-6,10,13-14,16H,1-2,7-9,15H2. The van der Waals surface area contributed by atoms with Gasteiger partial charge in [-0.15, -0.1) is 0 Å². The van der Waals surface area contributed by atoms with Crippen LogP contribution in [-0.2, 0) is 0 Å². The maximum atomic E-state index is 5.83. The summed E-state index contributed by atoms with van der Waals surface area (Å²) in [6.45, 7) is 0.694. The highest BCUT2D eigenvalue weighted by atomic mass is 15.0. The van der Waals surface area contributed by atoms with E-state index in [0.29, 0.717) is 12.6 Å². The molecule has 1 aromatic carbocycles. The molecule has 1 atom stereocenters. The lowest BCUT2D eigenvalue weighted by atomic mass is 10.0. The Labute approximate surface area is 97.2 Å². The predicted molar refractivity (Wildman–Crippen MR) is 66.4 cm³/mol. The first-order valence-corrected chi connectivity index (χ1v) is 6.43. The average molecular weight is 216 g/mol. The second kappa shape index (κ2) is 4.19. The molecule has 0 spiro atoms. The molecule has 2 heteroatoms. The van der Waals surface area contributed by atoms with Gasteiger partial charge in [-0.1, -0.05) is 24.3 Å². The minimum absolute atomic E-state index is 0.348. The summed E-state index contributed by atoms with van der Waals surface area (Å²) in [7, 11) is 0. The van der Waals surface area contributed by atoms with Gasteiger partial charge in [0.1, 0.15) is 0 Å². The maximum absolute atomic E-state index is 5.83. The van der Waals surface area contributed by atoms with Crippen LogP contribution >= 0.6 is 0 Å². The third-order valence-corrected chi connectivity index (χ3v) is 3.64. The molecule has 2 fully saturated rings. The van der Waals surface area contributed by atoms with Crippen LogP contribution in [0.4, 0.5) is 0 Å². The van der Waals surface area contributed by atoms with Crippen molar-refractivity contribution in [3.8, 4) is 0 Å². The van der Waals surface area contributed by atoms with Crippen LogP contribution in [0.1, 0.15) is 48.8 Å². The number of nitrogens with two attached hydrogens (primary N) is 1. The van der Waals surface area contributed by atoms with E-state index in [9.17, 15) is 0 Å². The minimum atomic E-state index is 0.348. The van der Waals surface area contributed by atoms with Gasteiger partial charge >= 0.3 is 0 Å². The van der Waals surface area contributed by atoms with Crippen LogP contribution in [0.5, 0.6) is 0 Å². The fourth-order valence-corrected chi connectivity index (χ4v) is 2.25. The van der Waals surface area contributed by atoms with Crippen molar-refractivity contribution in [3.63, 3.8) is 0 Å². The molecule has 0 amide bonds. The van der Waals surface area contributed by atoms with E-state index in [2.05, 4.69) is 29.6 Å². The molecule has 16 heavy (non-hydrogen) atoms. The van der Waals surface area contributed by atoms with Gasteiger partial charge in [-0.2, -0.15) is 0 Å². The summed E-state index contributed by atoms with van der Waals surface area (Å²) < 4.78 is 0. The van der Waals surface area contributed by atoms with Crippen molar-refractivity contribution in [2.75, 3.05) is 6.54 Å². The largest absolute Gasteiger partial charge is 0.329 e. The minimum Gasteiger partial charge on any atom is -0.329 e. The van der Waals surface area contributed by atoms with E-state index in [1.54, 1.807) is 0 Å². The normalized spacial score (nSPS) is 22.1. The Kier molecular flexibility index (Phi) is 2.70. The smallest absolute Gasteiger partial charge is 0.0446 e. The molecule has 0 saturated heterocycles. The first-order chi connectivity index (χ1) is 7.86. The van der Waals surface area contributed by atoms with Crippen LogP contribution in [0.2, 0.25) is 0 Å². The Morgan fingerprint density at radius 3 is 2.31 bits per heavy atom. The van der Waals surface area contributed by atoms with Crippen LogP contribution in [0.15, 0.2) is 24.3 Å². The Morgan fingerprint density at radius 2 is 1.81 bits per heavy atom. The van der Waals surface area contributed by atoms with E-state index in [4.69, 9.17) is 5.73 Å². The highest BCUT2D eigenvalue weighted by Gasteiger charge is 2.26. The molecule has 1 aromatic rings. The lowest BCUT2D eigenvalue weighted by Crippen LogP contribution is -2.29. The van der Waals surface area contributed by atoms with Crippen molar-refractivity contribution >= 4 is 0 Å². The summed E-state index contributed by atoms with van der Waals surface area (Å²) in [5, 5.41) is 3.60. The van der Waals surface area contributed by atoms with Gasteiger partial charge in [-0.25, -0.2) is 0 Å². The number of benzene rings is 1. The van der Waals surface area contributed by atoms with E-state index in [-0.39, 0.29) is 0 Å². The van der Waals surface area contributed by atoms with Crippen molar-refractivity contribution < 1.29 is 0 Å². The molecule has 2 aliphatic rings. The molecule has 0 heterocycles. The molecule has 2 aliphatic carbocycles. The fourth-order valence-electron chi connectivity index (χ4n) is 2.25. The topological polar surface area (TPSA) is 38.0 Å². The summed E-state index contributed by atoms with van der Waals surface area (Å²) in [6, 6.07) is 10.1. The van der Waals surface area contributed by atoms with Gasteiger partial charge < -0.3 is 11.1 Å². The Hall–Kier alpha value is -0.860. The zero-order valence-corrected chi connectivity index (χ0v) is 9.65. The summed E-state index contributed by atoms with van der Waals surface area (Å²) in [6.07, 6.45) is 5.38. The van der Waals surface area contributed by atoms with Crippen molar-refractivity contribution in [2.45, 2.75) is 43.7 Å². The molecular weight excluding hydrogens is 196 g/mol. The van der Waals surface area contributed by atoms with Crippen molar-refractivity contribution in [2.24, 2.45) is 5.73 Å². The van der Waals surface area contributed by atoms with Crippen molar-refractivity contribution in [3.05, 3.63) is 35.4 Å². The summed E-state index contributed by atoms with van der Waals surface area (Å²) in [5.74, 6) is 0.849. The van der Waals surface area contributed by atoms with Crippen LogP contribution < -0.4 is 11.1 Å². The second-order valence-corrected chi connectivity index (χ2v) is 5.17. The predicted octanol–water partition coefficient (Wildman–Crippen LogP) is 2.32. The van der Waals surface area contributed by atoms with Gasteiger partial charge in [0.05, 0.1) is 0 Å². The number of hydrogen-bond donors (Lipinski definition) is 2.